The Balaban J connectivity index is 2.17. The molecule has 6 heteroatoms. The Labute approximate surface area is 127 Å². The van der Waals surface area contributed by atoms with Crippen LogP contribution in [0.25, 0.3) is 0 Å². The van der Waals surface area contributed by atoms with Crippen molar-refractivity contribution >= 4 is 21.4 Å². The second-order valence-electron chi connectivity index (χ2n) is 6.78. The van der Waals surface area contributed by atoms with E-state index >= 15 is 0 Å². The average molecular weight is 311 g/mol. The number of hydrogen-bond donors (Lipinski definition) is 2. The Bertz CT molecular complexity index is 624. The third-order valence-corrected chi connectivity index (χ3v) is 5.94. The molecular weight excluding hydrogens is 286 g/mol. The van der Waals surface area contributed by atoms with Gasteiger partial charge in [-0.05, 0) is 42.9 Å². The van der Waals surface area contributed by atoms with Crippen molar-refractivity contribution in [1.29, 1.82) is 0 Å². The monoisotopic (exact) mass is 311 g/mol. The number of sulfonamides is 1. The largest absolute Gasteiger partial charge is 0.397 e. The number of benzene rings is 1. The van der Waals surface area contributed by atoms with Gasteiger partial charge >= 0.3 is 0 Å². The lowest BCUT2D eigenvalue weighted by atomic mass is 9.92. The SMILES string of the molecule is CN(C)S(=O)(=O)c1ccc(NC2CCC(C)(C)C2)c(N)c1. The fourth-order valence-electron chi connectivity index (χ4n) is 2.82. The van der Waals surface area contributed by atoms with Crippen LogP contribution in [0.1, 0.15) is 33.1 Å². The zero-order chi connectivity index (χ0) is 15.8. The molecule has 0 heterocycles. The first kappa shape index (κ1) is 16.1. The van der Waals surface area contributed by atoms with Gasteiger partial charge in [-0.1, -0.05) is 13.8 Å². The Morgan fingerprint density at radius 2 is 2.00 bits per heavy atom. The van der Waals surface area contributed by atoms with Gasteiger partial charge in [-0.15, -0.1) is 0 Å². The summed E-state index contributed by atoms with van der Waals surface area (Å²) in [5.41, 5.74) is 7.67. The molecule has 0 radical (unpaired) electrons. The molecule has 1 aliphatic carbocycles. The van der Waals surface area contributed by atoms with E-state index in [2.05, 4.69) is 19.2 Å². The molecule has 1 unspecified atom stereocenters. The maximum absolute atomic E-state index is 12.1. The summed E-state index contributed by atoms with van der Waals surface area (Å²) in [6, 6.07) is 5.29. The minimum atomic E-state index is -3.44. The quantitative estimate of drug-likeness (QED) is 0.838. The van der Waals surface area contributed by atoms with Gasteiger partial charge in [0.1, 0.15) is 0 Å². The van der Waals surface area contributed by atoms with Crippen molar-refractivity contribution in [3.63, 3.8) is 0 Å². The standard InChI is InChI=1S/C15H25N3O2S/c1-15(2)8-7-11(10-15)17-14-6-5-12(9-13(14)16)21(19,20)18(3)4/h5-6,9,11,17H,7-8,10,16H2,1-4H3. The van der Waals surface area contributed by atoms with Gasteiger partial charge in [0.05, 0.1) is 16.3 Å². The van der Waals surface area contributed by atoms with Crippen molar-refractivity contribution in [2.24, 2.45) is 5.41 Å². The number of anilines is 2. The molecule has 3 N–H and O–H groups in total. The molecule has 118 valence electrons. The van der Waals surface area contributed by atoms with Crippen LogP contribution in [0.5, 0.6) is 0 Å². The zero-order valence-electron chi connectivity index (χ0n) is 13.2. The predicted octanol–water partition coefficient (Wildman–Crippen LogP) is 2.51. The van der Waals surface area contributed by atoms with Crippen LogP contribution in [0, 0.1) is 5.41 Å². The van der Waals surface area contributed by atoms with Crippen molar-refractivity contribution in [3.05, 3.63) is 18.2 Å². The minimum absolute atomic E-state index is 0.224. The third-order valence-electron chi connectivity index (χ3n) is 4.13. The number of nitrogens with two attached hydrogens (primary N) is 1. The molecular formula is C15H25N3O2S. The predicted molar refractivity (Wildman–Crippen MR) is 86.8 cm³/mol. The van der Waals surface area contributed by atoms with E-state index in [4.69, 9.17) is 5.73 Å². The molecule has 1 saturated carbocycles. The molecule has 2 rings (SSSR count). The van der Waals surface area contributed by atoms with E-state index in [9.17, 15) is 8.42 Å². The van der Waals surface area contributed by atoms with Crippen LogP contribution in [0.15, 0.2) is 23.1 Å². The van der Waals surface area contributed by atoms with Crippen LogP contribution >= 0.6 is 0 Å². The van der Waals surface area contributed by atoms with Crippen LogP contribution in [0.3, 0.4) is 0 Å². The van der Waals surface area contributed by atoms with Crippen molar-refractivity contribution in [3.8, 4) is 0 Å². The number of hydrogen-bond acceptors (Lipinski definition) is 4. The molecule has 1 atom stereocenters. The highest BCUT2D eigenvalue weighted by atomic mass is 32.2. The van der Waals surface area contributed by atoms with Gasteiger partial charge in [-0.3, -0.25) is 0 Å². The first-order valence-electron chi connectivity index (χ1n) is 7.20. The van der Waals surface area contributed by atoms with Gasteiger partial charge in [0, 0.05) is 20.1 Å². The fourth-order valence-corrected chi connectivity index (χ4v) is 3.76. The molecule has 21 heavy (non-hydrogen) atoms. The summed E-state index contributed by atoms with van der Waals surface area (Å²) in [5, 5.41) is 3.44. The summed E-state index contributed by atoms with van der Waals surface area (Å²) in [6.45, 7) is 4.54. The van der Waals surface area contributed by atoms with Crippen LogP contribution in [0.4, 0.5) is 11.4 Å². The molecule has 0 amide bonds. The van der Waals surface area contributed by atoms with Crippen molar-refractivity contribution in [2.45, 2.75) is 44.0 Å². The van der Waals surface area contributed by atoms with Gasteiger partial charge in [-0.25, -0.2) is 12.7 Å². The highest BCUT2D eigenvalue weighted by Crippen LogP contribution is 2.39. The number of nitrogen functional groups attached to an aromatic ring is 1. The second kappa shape index (κ2) is 5.50. The van der Waals surface area contributed by atoms with Crippen molar-refractivity contribution in [2.75, 3.05) is 25.1 Å². The topological polar surface area (TPSA) is 75.4 Å². The molecule has 0 bridgehead atoms. The lowest BCUT2D eigenvalue weighted by Gasteiger charge is -2.20. The van der Waals surface area contributed by atoms with Gasteiger partial charge < -0.3 is 11.1 Å². The summed E-state index contributed by atoms with van der Waals surface area (Å²) >= 11 is 0. The molecule has 0 aliphatic heterocycles. The van der Waals surface area contributed by atoms with Crippen molar-refractivity contribution in [1.82, 2.24) is 4.31 Å². The molecule has 5 nitrogen and oxygen atoms in total. The van der Waals surface area contributed by atoms with E-state index in [0.717, 1.165) is 18.5 Å². The van der Waals surface area contributed by atoms with Crippen LogP contribution in [0.2, 0.25) is 0 Å². The summed E-state index contributed by atoms with van der Waals surface area (Å²) in [5.74, 6) is 0. The molecule has 1 fully saturated rings. The molecule has 0 spiro atoms. The first-order chi connectivity index (χ1) is 9.62. The highest BCUT2D eigenvalue weighted by Gasteiger charge is 2.31. The summed E-state index contributed by atoms with van der Waals surface area (Å²) < 4.78 is 25.3. The van der Waals surface area contributed by atoms with E-state index in [1.165, 1.54) is 30.9 Å². The highest BCUT2D eigenvalue weighted by molar-refractivity contribution is 7.89. The van der Waals surface area contributed by atoms with E-state index in [1.54, 1.807) is 12.1 Å². The van der Waals surface area contributed by atoms with E-state index in [-0.39, 0.29) is 4.90 Å². The summed E-state index contributed by atoms with van der Waals surface area (Å²) in [7, 11) is -0.412. The molecule has 1 aromatic rings. The smallest absolute Gasteiger partial charge is 0.242 e. The van der Waals surface area contributed by atoms with E-state index in [0.29, 0.717) is 17.1 Å². The molecule has 1 aliphatic rings. The summed E-state index contributed by atoms with van der Waals surface area (Å²) in [4.78, 5) is 0.224. The number of nitrogens with zero attached hydrogens (tertiary/aromatic N) is 1. The van der Waals surface area contributed by atoms with Crippen LogP contribution in [-0.2, 0) is 10.0 Å². The lowest BCUT2D eigenvalue weighted by Crippen LogP contribution is -2.23. The Kier molecular flexibility index (Phi) is 4.22. The van der Waals surface area contributed by atoms with E-state index in [1.807, 2.05) is 0 Å². The average Bonchev–Trinajstić information content (AvgIpc) is 2.71. The Morgan fingerprint density at radius 3 is 2.48 bits per heavy atom. The Hall–Kier alpha value is -1.27. The minimum Gasteiger partial charge on any atom is -0.397 e. The van der Waals surface area contributed by atoms with Gasteiger partial charge in [0.2, 0.25) is 10.0 Å². The lowest BCUT2D eigenvalue weighted by molar-refractivity contribution is 0.378. The van der Waals surface area contributed by atoms with Crippen LogP contribution < -0.4 is 11.1 Å². The Morgan fingerprint density at radius 1 is 1.33 bits per heavy atom. The molecule has 1 aromatic carbocycles. The van der Waals surface area contributed by atoms with Crippen LogP contribution in [-0.4, -0.2) is 32.9 Å². The number of nitrogens with one attached hydrogen (secondary N) is 1. The summed E-state index contributed by atoms with van der Waals surface area (Å²) in [6.07, 6.45) is 3.41. The molecule has 0 aromatic heterocycles. The first-order valence-corrected chi connectivity index (χ1v) is 8.64. The maximum atomic E-state index is 12.1. The normalized spacial score (nSPS) is 21.7. The number of rotatable bonds is 4. The van der Waals surface area contributed by atoms with Gasteiger partial charge in [0.25, 0.3) is 0 Å². The van der Waals surface area contributed by atoms with Gasteiger partial charge in [0.15, 0.2) is 0 Å². The zero-order valence-corrected chi connectivity index (χ0v) is 14.0. The molecule has 0 saturated heterocycles. The van der Waals surface area contributed by atoms with Gasteiger partial charge in [-0.2, -0.15) is 0 Å². The third kappa shape index (κ3) is 3.49. The fraction of sp³-hybridized carbons (Fsp3) is 0.600. The second-order valence-corrected chi connectivity index (χ2v) is 8.94. The van der Waals surface area contributed by atoms with Crippen molar-refractivity contribution < 1.29 is 8.42 Å². The maximum Gasteiger partial charge on any atom is 0.242 e. The van der Waals surface area contributed by atoms with E-state index < -0.39 is 10.0 Å².